The molecule has 0 aliphatic carbocycles. The summed E-state index contributed by atoms with van der Waals surface area (Å²) in [6.07, 6.45) is 0. The van der Waals surface area contributed by atoms with Gasteiger partial charge >= 0.3 is 0 Å². The molecule has 0 radical (unpaired) electrons. The standard InChI is InChI=1S/C14H12Cl2N2O2S/c1-2-17-10-6-11(18(19)20)8-12(7-10)21-14-5-9(15)3-4-13(14)16/h3-8,17H,2H2,1H3. The van der Waals surface area contributed by atoms with Crippen molar-refractivity contribution < 1.29 is 4.92 Å². The first-order valence-corrected chi connectivity index (χ1v) is 7.73. The quantitative estimate of drug-likeness (QED) is 0.576. The van der Waals surface area contributed by atoms with E-state index in [1.54, 1.807) is 18.2 Å². The van der Waals surface area contributed by atoms with E-state index in [1.807, 2.05) is 13.0 Å². The van der Waals surface area contributed by atoms with Crippen LogP contribution in [0.25, 0.3) is 0 Å². The van der Waals surface area contributed by atoms with Crippen LogP contribution in [-0.4, -0.2) is 11.5 Å². The van der Waals surface area contributed by atoms with E-state index < -0.39 is 4.92 Å². The summed E-state index contributed by atoms with van der Waals surface area (Å²) in [7, 11) is 0. The summed E-state index contributed by atoms with van der Waals surface area (Å²) in [4.78, 5) is 12.1. The lowest BCUT2D eigenvalue weighted by atomic mass is 10.3. The van der Waals surface area contributed by atoms with Crippen molar-refractivity contribution in [3.8, 4) is 0 Å². The lowest BCUT2D eigenvalue weighted by Crippen LogP contribution is -1.98. The van der Waals surface area contributed by atoms with Gasteiger partial charge in [0.1, 0.15) is 0 Å². The van der Waals surface area contributed by atoms with Crippen molar-refractivity contribution in [1.29, 1.82) is 0 Å². The number of anilines is 1. The zero-order valence-corrected chi connectivity index (χ0v) is 13.4. The number of hydrogen-bond acceptors (Lipinski definition) is 4. The van der Waals surface area contributed by atoms with E-state index in [2.05, 4.69) is 5.32 Å². The van der Waals surface area contributed by atoms with Crippen molar-refractivity contribution in [3.63, 3.8) is 0 Å². The maximum absolute atomic E-state index is 11.0. The van der Waals surface area contributed by atoms with Gasteiger partial charge < -0.3 is 5.32 Å². The molecule has 21 heavy (non-hydrogen) atoms. The second-order valence-electron chi connectivity index (χ2n) is 4.18. The minimum Gasteiger partial charge on any atom is -0.385 e. The predicted molar refractivity (Wildman–Crippen MR) is 87.8 cm³/mol. The molecule has 0 aliphatic rings. The van der Waals surface area contributed by atoms with Crippen LogP contribution in [0.4, 0.5) is 11.4 Å². The molecule has 0 atom stereocenters. The normalized spacial score (nSPS) is 10.4. The second kappa shape index (κ2) is 7.02. The molecule has 0 saturated carbocycles. The third-order valence-corrected chi connectivity index (χ3v) is 4.31. The highest BCUT2D eigenvalue weighted by Gasteiger charge is 2.12. The van der Waals surface area contributed by atoms with Crippen LogP contribution in [0.2, 0.25) is 10.0 Å². The van der Waals surface area contributed by atoms with Gasteiger partial charge in [-0.1, -0.05) is 35.0 Å². The van der Waals surface area contributed by atoms with E-state index >= 15 is 0 Å². The Balaban J connectivity index is 2.38. The molecular weight excluding hydrogens is 331 g/mol. The zero-order valence-electron chi connectivity index (χ0n) is 11.1. The Morgan fingerprint density at radius 3 is 2.67 bits per heavy atom. The summed E-state index contributed by atoms with van der Waals surface area (Å²) in [5, 5.41) is 15.2. The maximum Gasteiger partial charge on any atom is 0.272 e. The number of non-ortho nitro benzene ring substituents is 1. The highest BCUT2D eigenvalue weighted by molar-refractivity contribution is 7.99. The van der Waals surface area contributed by atoms with Crippen LogP contribution in [0.15, 0.2) is 46.2 Å². The van der Waals surface area contributed by atoms with Crippen LogP contribution in [0, 0.1) is 10.1 Å². The molecule has 0 fully saturated rings. The average Bonchev–Trinajstić information content (AvgIpc) is 2.43. The third-order valence-electron chi connectivity index (χ3n) is 2.60. The van der Waals surface area contributed by atoms with Gasteiger partial charge in [-0.3, -0.25) is 10.1 Å². The molecule has 0 saturated heterocycles. The second-order valence-corrected chi connectivity index (χ2v) is 6.14. The molecule has 2 rings (SSSR count). The highest BCUT2D eigenvalue weighted by Crippen LogP contribution is 2.37. The number of nitrogens with zero attached hydrogens (tertiary/aromatic N) is 1. The summed E-state index contributed by atoms with van der Waals surface area (Å²) in [6.45, 7) is 2.61. The lowest BCUT2D eigenvalue weighted by Gasteiger charge is -2.08. The Labute approximate surface area is 136 Å². The molecule has 7 heteroatoms. The number of nitrogens with one attached hydrogen (secondary N) is 1. The van der Waals surface area contributed by atoms with E-state index in [0.29, 0.717) is 22.3 Å². The SMILES string of the molecule is CCNc1cc(Sc2cc(Cl)ccc2Cl)cc([N+](=O)[O-])c1. The first-order valence-electron chi connectivity index (χ1n) is 6.16. The van der Waals surface area contributed by atoms with Gasteiger partial charge in [-0.05, 0) is 31.2 Å². The maximum atomic E-state index is 11.0. The van der Waals surface area contributed by atoms with Crippen molar-refractivity contribution in [1.82, 2.24) is 0 Å². The molecule has 0 aliphatic heterocycles. The number of rotatable bonds is 5. The van der Waals surface area contributed by atoms with Crippen LogP contribution in [0.5, 0.6) is 0 Å². The molecule has 2 aromatic rings. The molecule has 110 valence electrons. The lowest BCUT2D eigenvalue weighted by molar-refractivity contribution is -0.385. The van der Waals surface area contributed by atoms with Gasteiger partial charge in [-0.25, -0.2) is 0 Å². The van der Waals surface area contributed by atoms with E-state index in [0.717, 1.165) is 9.79 Å². The van der Waals surface area contributed by atoms with E-state index in [9.17, 15) is 10.1 Å². The van der Waals surface area contributed by atoms with Crippen molar-refractivity contribution in [2.24, 2.45) is 0 Å². The molecule has 1 N–H and O–H groups in total. The summed E-state index contributed by atoms with van der Waals surface area (Å²) < 4.78 is 0. The fraction of sp³-hybridized carbons (Fsp3) is 0.143. The summed E-state index contributed by atoms with van der Waals surface area (Å²) >= 11 is 13.4. The minimum atomic E-state index is -0.412. The van der Waals surface area contributed by atoms with Crippen LogP contribution < -0.4 is 5.32 Å². The monoisotopic (exact) mass is 342 g/mol. The Morgan fingerprint density at radius 1 is 1.24 bits per heavy atom. The molecule has 0 heterocycles. The molecular formula is C14H12Cl2N2O2S. The molecule has 2 aromatic carbocycles. The van der Waals surface area contributed by atoms with Crippen molar-refractivity contribution in [2.75, 3.05) is 11.9 Å². The van der Waals surface area contributed by atoms with Gasteiger partial charge in [0, 0.05) is 39.2 Å². The Kier molecular flexibility index (Phi) is 5.33. The highest BCUT2D eigenvalue weighted by atomic mass is 35.5. The van der Waals surface area contributed by atoms with Crippen LogP contribution in [0.3, 0.4) is 0 Å². The Morgan fingerprint density at radius 2 is 2.00 bits per heavy atom. The van der Waals surface area contributed by atoms with Crippen LogP contribution in [0.1, 0.15) is 6.92 Å². The summed E-state index contributed by atoms with van der Waals surface area (Å²) in [5.41, 5.74) is 0.737. The first-order chi connectivity index (χ1) is 9.99. The van der Waals surface area contributed by atoms with Crippen molar-refractivity contribution in [3.05, 3.63) is 56.6 Å². The fourth-order valence-electron chi connectivity index (χ4n) is 1.74. The van der Waals surface area contributed by atoms with E-state index in [-0.39, 0.29) is 5.69 Å². The minimum absolute atomic E-state index is 0.0362. The van der Waals surface area contributed by atoms with Gasteiger partial charge in [0.15, 0.2) is 0 Å². The topological polar surface area (TPSA) is 55.2 Å². The predicted octanol–water partition coefficient (Wildman–Crippen LogP) is 5.48. The molecule has 0 unspecified atom stereocenters. The summed E-state index contributed by atoms with van der Waals surface area (Å²) in [5.74, 6) is 0. The largest absolute Gasteiger partial charge is 0.385 e. The molecule has 0 bridgehead atoms. The van der Waals surface area contributed by atoms with Crippen molar-refractivity contribution in [2.45, 2.75) is 16.7 Å². The molecule has 0 aromatic heterocycles. The number of halogens is 2. The number of benzene rings is 2. The summed E-state index contributed by atoms with van der Waals surface area (Å²) in [6, 6.07) is 10.0. The zero-order chi connectivity index (χ0) is 15.4. The molecule has 0 spiro atoms. The number of nitro benzene ring substituents is 1. The Bertz CT molecular complexity index is 680. The van der Waals surface area contributed by atoms with Crippen LogP contribution in [-0.2, 0) is 0 Å². The van der Waals surface area contributed by atoms with E-state index in [4.69, 9.17) is 23.2 Å². The average molecular weight is 343 g/mol. The van der Waals surface area contributed by atoms with E-state index in [1.165, 1.54) is 23.9 Å². The molecule has 0 amide bonds. The smallest absolute Gasteiger partial charge is 0.272 e. The third kappa shape index (κ3) is 4.27. The van der Waals surface area contributed by atoms with Crippen molar-refractivity contribution >= 4 is 46.3 Å². The Hall–Kier alpha value is -1.43. The van der Waals surface area contributed by atoms with Gasteiger partial charge in [0.25, 0.3) is 5.69 Å². The van der Waals surface area contributed by atoms with Gasteiger partial charge in [-0.15, -0.1) is 0 Å². The number of hydrogen-bond donors (Lipinski definition) is 1. The number of nitro groups is 1. The van der Waals surface area contributed by atoms with Crippen LogP contribution >= 0.6 is 35.0 Å². The van der Waals surface area contributed by atoms with Gasteiger partial charge in [0.2, 0.25) is 0 Å². The molecule has 4 nitrogen and oxygen atoms in total. The first kappa shape index (κ1) is 15.9. The van der Waals surface area contributed by atoms with Gasteiger partial charge in [-0.2, -0.15) is 0 Å². The van der Waals surface area contributed by atoms with Gasteiger partial charge in [0.05, 0.1) is 9.95 Å². The fourth-order valence-corrected chi connectivity index (χ4v) is 3.18.